The van der Waals surface area contributed by atoms with Gasteiger partial charge in [-0.15, -0.1) is 11.3 Å². The SMILES string of the molecule is Cc1ccc(-c2cc(C(F)(F)F)n3nc(C(=O)NCc4cccs4)cc3n2)cc1. The predicted molar refractivity (Wildman–Crippen MR) is 104 cm³/mol. The van der Waals surface area contributed by atoms with Crippen LogP contribution < -0.4 is 5.32 Å². The van der Waals surface area contributed by atoms with E-state index in [1.807, 2.05) is 24.4 Å². The van der Waals surface area contributed by atoms with Gasteiger partial charge in [-0.05, 0) is 24.4 Å². The van der Waals surface area contributed by atoms with Crippen LogP contribution in [0.1, 0.15) is 26.6 Å². The monoisotopic (exact) mass is 416 g/mol. The van der Waals surface area contributed by atoms with Crippen LogP contribution in [-0.4, -0.2) is 20.5 Å². The Labute approximate surface area is 167 Å². The number of carbonyl (C=O) groups excluding carboxylic acids is 1. The number of nitrogens with zero attached hydrogens (tertiary/aromatic N) is 3. The number of thiophene rings is 1. The molecule has 29 heavy (non-hydrogen) atoms. The minimum Gasteiger partial charge on any atom is -0.346 e. The van der Waals surface area contributed by atoms with Gasteiger partial charge in [0, 0.05) is 16.5 Å². The number of aromatic nitrogens is 3. The Morgan fingerprint density at radius 2 is 1.93 bits per heavy atom. The van der Waals surface area contributed by atoms with E-state index in [0.29, 0.717) is 10.1 Å². The number of carbonyl (C=O) groups is 1. The summed E-state index contributed by atoms with van der Waals surface area (Å²) in [5.74, 6) is -0.561. The highest BCUT2D eigenvalue weighted by Gasteiger charge is 2.35. The summed E-state index contributed by atoms with van der Waals surface area (Å²) in [6, 6.07) is 12.9. The van der Waals surface area contributed by atoms with Crippen LogP contribution in [0.4, 0.5) is 13.2 Å². The first-order chi connectivity index (χ1) is 13.8. The van der Waals surface area contributed by atoms with Gasteiger partial charge in [0.25, 0.3) is 5.91 Å². The summed E-state index contributed by atoms with van der Waals surface area (Å²) >= 11 is 1.47. The standard InChI is InChI=1S/C20H15F3N4OS/c1-12-4-6-13(7-5-12)15-9-17(20(21,22)23)27-18(25-15)10-16(26-27)19(28)24-11-14-3-2-8-29-14/h2-10H,11H2,1H3,(H,24,28). The molecule has 9 heteroatoms. The summed E-state index contributed by atoms with van der Waals surface area (Å²) in [5.41, 5.74) is 0.538. The van der Waals surface area contributed by atoms with Gasteiger partial charge in [-0.25, -0.2) is 9.50 Å². The van der Waals surface area contributed by atoms with E-state index in [2.05, 4.69) is 15.4 Å². The zero-order valence-electron chi connectivity index (χ0n) is 15.2. The summed E-state index contributed by atoms with van der Waals surface area (Å²) in [7, 11) is 0. The van der Waals surface area contributed by atoms with Crippen LogP contribution in [0.5, 0.6) is 0 Å². The van der Waals surface area contributed by atoms with Crippen LogP contribution in [0, 0.1) is 6.92 Å². The van der Waals surface area contributed by atoms with E-state index in [9.17, 15) is 18.0 Å². The van der Waals surface area contributed by atoms with Crippen molar-refractivity contribution in [2.24, 2.45) is 0 Å². The normalized spacial score (nSPS) is 11.7. The molecule has 148 valence electrons. The number of fused-ring (bicyclic) bond motifs is 1. The van der Waals surface area contributed by atoms with Crippen molar-refractivity contribution in [2.75, 3.05) is 0 Å². The third-order valence-corrected chi connectivity index (χ3v) is 5.18. The molecule has 0 unspecified atom stereocenters. The van der Waals surface area contributed by atoms with Crippen molar-refractivity contribution in [2.45, 2.75) is 19.6 Å². The molecule has 4 rings (SSSR count). The molecule has 4 aromatic rings. The molecular formula is C20H15F3N4OS. The molecule has 0 saturated carbocycles. The number of halogens is 3. The fourth-order valence-electron chi connectivity index (χ4n) is 2.83. The van der Waals surface area contributed by atoms with Crippen LogP contribution in [0.3, 0.4) is 0 Å². The highest BCUT2D eigenvalue weighted by Crippen LogP contribution is 2.32. The topological polar surface area (TPSA) is 59.3 Å². The average Bonchev–Trinajstić information content (AvgIpc) is 3.34. The lowest BCUT2D eigenvalue weighted by atomic mass is 10.1. The number of rotatable bonds is 4. The third-order valence-electron chi connectivity index (χ3n) is 4.30. The number of nitrogens with one attached hydrogen (secondary N) is 1. The van der Waals surface area contributed by atoms with Gasteiger partial charge in [0.05, 0.1) is 12.2 Å². The van der Waals surface area contributed by atoms with E-state index in [4.69, 9.17) is 0 Å². The van der Waals surface area contributed by atoms with Gasteiger partial charge >= 0.3 is 6.18 Å². The molecule has 5 nitrogen and oxygen atoms in total. The largest absolute Gasteiger partial charge is 0.433 e. The number of alkyl halides is 3. The number of aryl methyl sites for hydroxylation is 1. The van der Waals surface area contributed by atoms with Gasteiger partial charge in [-0.1, -0.05) is 35.9 Å². The van der Waals surface area contributed by atoms with Crippen molar-refractivity contribution in [3.8, 4) is 11.3 Å². The van der Waals surface area contributed by atoms with Crippen molar-refractivity contribution < 1.29 is 18.0 Å². The van der Waals surface area contributed by atoms with Gasteiger partial charge in [0.2, 0.25) is 0 Å². The van der Waals surface area contributed by atoms with Crippen LogP contribution in [-0.2, 0) is 12.7 Å². The lowest BCUT2D eigenvalue weighted by Crippen LogP contribution is -2.23. The quantitative estimate of drug-likeness (QED) is 0.524. The van der Waals surface area contributed by atoms with E-state index >= 15 is 0 Å². The molecular weight excluding hydrogens is 401 g/mol. The first kappa shape index (κ1) is 19.1. The Hall–Kier alpha value is -3.20. The van der Waals surface area contributed by atoms with E-state index < -0.39 is 17.8 Å². The van der Waals surface area contributed by atoms with Crippen LogP contribution >= 0.6 is 11.3 Å². The molecule has 0 aliphatic rings. The number of hydrogen-bond donors (Lipinski definition) is 1. The Bertz CT molecular complexity index is 1170. The van der Waals surface area contributed by atoms with E-state index in [1.165, 1.54) is 17.4 Å². The van der Waals surface area contributed by atoms with E-state index in [0.717, 1.165) is 16.5 Å². The Morgan fingerprint density at radius 3 is 2.59 bits per heavy atom. The molecule has 1 N–H and O–H groups in total. The molecule has 1 aromatic carbocycles. The lowest BCUT2D eigenvalue weighted by molar-refractivity contribution is -0.142. The summed E-state index contributed by atoms with van der Waals surface area (Å²) in [6.45, 7) is 2.16. The second kappa shape index (κ2) is 7.32. The molecule has 3 heterocycles. The van der Waals surface area contributed by atoms with Crippen molar-refractivity contribution in [1.82, 2.24) is 19.9 Å². The highest BCUT2D eigenvalue weighted by atomic mass is 32.1. The summed E-state index contributed by atoms with van der Waals surface area (Å²) in [5, 5.41) is 8.39. The van der Waals surface area contributed by atoms with Crippen molar-refractivity contribution in [3.05, 3.63) is 75.7 Å². The smallest absolute Gasteiger partial charge is 0.346 e. The maximum absolute atomic E-state index is 13.6. The van der Waals surface area contributed by atoms with Crippen LogP contribution in [0.25, 0.3) is 16.9 Å². The minimum atomic E-state index is -4.66. The Balaban J connectivity index is 1.73. The Morgan fingerprint density at radius 1 is 1.17 bits per heavy atom. The molecule has 3 aromatic heterocycles. The second-order valence-electron chi connectivity index (χ2n) is 6.45. The van der Waals surface area contributed by atoms with Crippen molar-refractivity contribution in [1.29, 1.82) is 0 Å². The van der Waals surface area contributed by atoms with Gasteiger partial charge in [0.15, 0.2) is 17.0 Å². The highest BCUT2D eigenvalue weighted by molar-refractivity contribution is 7.09. The predicted octanol–water partition coefficient (Wildman–Crippen LogP) is 4.72. The van der Waals surface area contributed by atoms with Gasteiger partial charge in [-0.3, -0.25) is 4.79 Å². The molecule has 0 atom stereocenters. The van der Waals surface area contributed by atoms with Crippen LogP contribution in [0.15, 0.2) is 53.9 Å². The van der Waals surface area contributed by atoms with Gasteiger partial charge < -0.3 is 5.32 Å². The molecule has 0 fully saturated rings. The maximum atomic E-state index is 13.6. The zero-order valence-corrected chi connectivity index (χ0v) is 16.0. The zero-order chi connectivity index (χ0) is 20.6. The molecule has 1 amide bonds. The number of hydrogen-bond acceptors (Lipinski definition) is 4. The van der Waals surface area contributed by atoms with Gasteiger partial charge in [-0.2, -0.15) is 18.3 Å². The average molecular weight is 416 g/mol. The lowest BCUT2D eigenvalue weighted by Gasteiger charge is -2.11. The summed E-state index contributed by atoms with van der Waals surface area (Å²) < 4.78 is 41.6. The maximum Gasteiger partial charge on any atom is 0.433 e. The van der Waals surface area contributed by atoms with Crippen molar-refractivity contribution >= 4 is 22.9 Å². The van der Waals surface area contributed by atoms with Gasteiger partial charge in [0.1, 0.15) is 0 Å². The molecule has 0 aliphatic carbocycles. The first-order valence-corrected chi connectivity index (χ1v) is 9.55. The van der Waals surface area contributed by atoms with E-state index in [1.54, 1.807) is 24.3 Å². The summed E-state index contributed by atoms with van der Waals surface area (Å²) in [4.78, 5) is 17.6. The van der Waals surface area contributed by atoms with E-state index in [-0.39, 0.29) is 23.6 Å². The molecule has 0 radical (unpaired) electrons. The minimum absolute atomic E-state index is 0.0447. The third kappa shape index (κ3) is 4.00. The number of amides is 1. The summed E-state index contributed by atoms with van der Waals surface area (Å²) in [6.07, 6.45) is -4.66. The first-order valence-electron chi connectivity index (χ1n) is 8.67. The fourth-order valence-corrected chi connectivity index (χ4v) is 3.48. The Kier molecular flexibility index (Phi) is 4.83. The molecule has 0 spiro atoms. The number of benzene rings is 1. The second-order valence-corrected chi connectivity index (χ2v) is 7.48. The fraction of sp³-hybridized carbons (Fsp3) is 0.150. The molecule has 0 aliphatic heterocycles. The van der Waals surface area contributed by atoms with Crippen molar-refractivity contribution in [3.63, 3.8) is 0 Å². The molecule has 0 bridgehead atoms. The molecule has 0 saturated heterocycles. The van der Waals surface area contributed by atoms with Crippen LogP contribution in [0.2, 0.25) is 0 Å².